The van der Waals surface area contributed by atoms with Crippen LogP contribution < -0.4 is 0 Å². The van der Waals surface area contributed by atoms with E-state index in [1.54, 1.807) is 4.68 Å². The Morgan fingerprint density at radius 2 is 2.00 bits per heavy atom. The number of aryl methyl sites for hydroxylation is 1. The van der Waals surface area contributed by atoms with Crippen molar-refractivity contribution >= 4 is 5.97 Å². The van der Waals surface area contributed by atoms with Crippen molar-refractivity contribution in [2.75, 3.05) is 0 Å². The van der Waals surface area contributed by atoms with Gasteiger partial charge in [0.15, 0.2) is 0 Å². The number of hydrogen-bond donors (Lipinski definition) is 2. The van der Waals surface area contributed by atoms with E-state index in [1.807, 2.05) is 13.8 Å². The topological polar surface area (TPSA) is 75.3 Å². The van der Waals surface area contributed by atoms with E-state index in [0.29, 0.717) is 24.1 Å². The Morgan fingerprint density at radius 1 is 1.32 bits per heavy atom. The molecular weight excluding hydrogens is 244 g/mol. The molecule has 1 fully saturated rings. The summed E-state index contributed by atoms with van der Waals surface area (Å²) in [6, 6.07) is -0.0675. The van der Waals surface area contributed by atoms with Crippen LogP contribution in [0.15, 0.2) is 0 Å². The first-order valence-electron chi connectivity index (χ1n) is 7.11. The van der Waals surface area contributed by atoms with Gasteiger partial charge < -0.3 is 10.2 Å². The van der Waals surface area contributed by atoms with Crippen molar-refractivity contribution < 1.29 is 15.0 Å². The highest BCUT2D eigenvalue weighted by Gasteiger charge is 2.30. The van der Waals surface area contributed by atoms with Crippen LogP contribution in [0.2, 0.25) is 0 Å². The summed E-state index contributed by atoms with van der Waals surface area (Å²) in [6.07, 6.45) is 4.56. The number of hydrogen-bond acceptors (Lipinski definition) is 3. The van der Waals surface area contributed by atoms with Gasteiger partial charge in [0.05, 0.1) is 23.5 Å². The summed E-state index contributed by atoms with van der Waals surface area (Å²) in [5, 5.41) is 24.0. The largest absolute Gasteiger partial charge is 0.478 e. The zero-order chi connectivity index (χ0) is 14.0. The van der Waals surface area contributed by atoms with Gasteiger partial charge in [-0.1, -0.05) is 26.7 Å². The van der Waals surface area contributed by atoms with Gasteiger partial charge in [-0.15, -0.1) is 0 Å². The Hall–Kier alpha value is -1.36. The van der Waals surface area contributed by atoms with Crippen molar-refractivity contribution in [1.82, 2.24) is 9.78 Å². The van der Waals surface area contributed by atoms with Crippen molar-refractivity contribution in [2.24, 2.45) is 0 Å². The molecule has 1 heterocycles. The van der Waals surface area contributed by atoms with Crippen molar-refractivity contribution in [3.63, 3.8) is 0 Å². The van der Waals surface area contributed by atoms with E-state index in [9.17, 15) is 15.0 Å². The van der Waals surface area contributed by atoms with Gasteiger partial charge in [-0.3, -0.25) is 4.68 Å². The van der Waals surface area contributed by atoms with Crippen LogP contribution in [0.25, 0.3) is 0 Å². The zero-order valence-electron chi connectivity index (χ0n) is 11.6. The Bertz CT molecular complexity index is 468. The predicted octanol–water partition coefficient (Wildman–Crippen LogP) is 2.18. The Labute approximate surface area is 113 Å². The smallest absolute Gasteiger partial charge is 0.339 e. The molecule has 1 saturated carbocycles. The van der Waals surface area contributed by atoms with Crippen LogP contribution in [0, 0.1) is 0 Å². The summed E-state index contributed by atoms with van der Waals surface area (Å²) in [7, 11) is 0. The van der Waals surface area contributed by atoms with Gasteiger partial charge in [0.2, 0.25) is 0 Å². The third kappa shape index (κ3) is 2.52. The van der Waals surface area contributed by atoms with Crippen LogP contribution in [0.5, 0.6) is 0 Å². The molecule has 1 aromatic rings. The fourth-order valence-corrected chi connectivity index (χ4v) is 3.01. The number of carboxylic acid groups (broad SMARTS) is 1. The van der Waals surface area contributed by atoms with E-state index in [-0.39, 0.29) is 6.04 Å². The number of aliphatic hydroxyl groups excluding tert-OH is 1. The Balaban J connectivity index is 2.47. The molecule has 0 aromatic carbocycles. The Kier molecular flexibility index (Phi) is 4.24. The van der Waals surface area contributed by atoms with Crippen LogP contribution in [-0.4, -0.2) is 32.1 Å². The van der Waals surface area contributed by atoms with Gasteiger partial charge in [0.1, 0.15) is 5.56 Å². The second-order valence-electron chi connectivity index (χ2n) is 5.14. The highest BCUT2D eigenvalue weighted by atomic mass is 16.4. The van der Waals surface area contributed by atoms with E-state index in [2.05, 4.69) is 5.10 Å². The fourth-order valence-electron chi connectivity index (χ4n) is 3.01. The predicted molar refractivity (Wildman–Crippen MR) is 71.5 cm³/mol. The maximum atomic E-state index is 11.4. The average Bonchev–Trinajstić information content (AvgIpc) is 2.77. The van der Waals surface area contributed by atoms with Crippen LogP contribution in [-0.2, 0) is 12.8 Å². The van der Waals surface area contributed by atoms with Crippen LogP contribution in [0.4, 0.5) is 0 Å². The molecule has 1 aliphatic carbocycles. The Morgan fingerprint density at radius 3 is 2.53 bits per heavy atom. The molecule has 106 valence electrons. The van der Waals surface area contributed by atoms with Gasteiger partial charge in [-0.2, -0.15) is 5.10 Å². The zero-order valence-corrected chi connectivity index (χ0v) is 11.6. The summed E-state index contributed by atoms with van der Waals surface area (Å²) >= 11 is 0. The quantitative estimate of drug-likeness (QED) is 0.876. The molecule has 19 heavy (non-hydrogen) atoms. The van der Waals surface area contributed by atoms with Gasteiger partial charge in [0, 0.05) is 0 Å². The minimum absolute atomic E-state index is 0.0675. The van der Waals surface area contributed by atoms with E-state index >= 15 is 0 Å². The van der Waals surface area contributed by atoms with E-state index in [4.69, 9.17) is 0 Å². The van der Waals surface area contributed by atoms with Crippen molar-refractivity contribution in [1.29, 1.82) is 0 Å². The van der Waals surface area contributed by atoms with Crippen molar-refractivity contribution in [3.05, 3.63) is 17.0 Å². The third-order valence-corrected chi connectivity index (χ3v) is 3.97. The maximum Gasteiger partial charge on any atom is 0.339 e. The molecule has 0 bridgehead atoms. The molecule has 1 aliphatic rings. The highest BCUT2D eigenvalue weighted by molar-refractivity contribution is 5.90. The summed E-state index contributed by atoms with van der Waals surface area (Å²) < 4.78 is 1.78. The molecule has 5 heteroatoms. The second kappa shape index (κ2) is 5.74. The molecular formula is C14H22N2O3. The standard InChI is InChI=1S/C14H22N2O3/c1-3-9-13(14(18)19)10(4-2)16(15-9)11-7-5-6-8-12(11)17/h11-12,17H,3-8H2,1-2H3,(H,18,19). The normalized spacial score (nSPS) is 23.5. The summed E-state index contributed by atoms with van der Waals surface area (Å²) in [5.41, 5.74) is 1.71. The molecule has 0 radical (unpaired) electrons. The summed E-state index contributed by atoms with van der Waals surface area (Å²) in [6.45, 7) is 3.85. The molecule has 1 aromatic heterocycles. The molecule has 2 unspecified atom stereocenters. The van der Waals surface area contributed by atoms with Gasteiger partial charge >= 0.3 is 5.97 Å². The van der Waals surface area contributed by atoms with Crippen LogP contribution >= 0.6 is 0 Å². The number of carbonyl (C=O) groups is 1. The monoisotopic (exact) mass is 266 g/mol. The van der Waals surface area contributed by atoms with E-state index in [1.165, 1.54) is 0 Å². The SMILES string of the molecule is CCc1nn(C2CCCCC2O)c(CC)c1C(=O)O. The van der Waals surface area contributed by atoms with E-state index < -0.39 is 12.1 Å². The molecule has 2 rings (SSSR count). The molecule has 0 spiro atoms. The van der Waals surface area contributed by atoms with Gasteiger partial charge in [-0.05, 0) is 25.7 Å². The first-order valence-corrected chi connectivity index (χ1v) is 7.11. The van der Waals surface area contributed by atoms with E-state index in [0.717, 1.165) is 31.4 Å². The van der Waals surface area contributed by atoms with Gasteiger partial charge in [-0.25, -0.2) is 4.79 Å². The molecule has 5 nitrogen and oxygen atoms in total. The third-order valence-electron chi connectivity index (χ3n) is 3.97. The number of rotatable bonds is 4. The summed E-state index contributed by atoms with van der Waals surface area (Å²) in [4.78, 5) is 11.4. The maximum absolute atomic E-state index is 11.4. The molecule has 0 aliphatic heterocycles. The number of aromatic nitrogens is 2. The van der Waals surface area contributed by atoms with Crippen LogP contribution in [0.1, 0.15) is 67.3 Å². The lowest BCUT2D eigenvalue weighted by molar-refractivity contribution is 0.0660. The fraction of sp³-hybridized carbons (Fsp3) is 0.714. The highest BCUT2D eigenvalue weighted by Crippen LogP contribution is 2.31. The van der Waals surface area contributed by atoms with Crippen molar-refractivity contribution in [2.45, 2.75) is 64.5 Å². The minimum atomic E-state index is -0.912. The van der Waals surface area contributed by atoms with Gasteiger partial charge in [0.25, 0.3) is 0 Å². The number of nitrogens with zero attached hydrogens (tertiary/aromatic N) is 2. The number of aromatic carboxylic acids is 1. The molecule has 2 atom stereocenters. The molecule has 2 N–H and O–H groups in total. The lowest BCUT2D eigenvalue weighted by atomic mass is 9.92. The summed E-state index contributed by atoms with van der Waals surface area (Å²) in [5.74, 6) is -0.912. The number of aliphatic hydroxyl groups is 1. The first-order chi connectivity index (χ1) is 9.10. The molecule has 0 amide bonds. The first kappa shape index (κ1) is 14.1. The average molecular weight is 266 g/mol. The lowest BCUT2D eigenvalue weighted by Gasteiger charge is -2.29. The van der Waals surface area contributed by atoms with Crippen molar-refractivity contribution in [3.8, 4) is 0 Å². The second-order valence-corrected chi connectivity index (χ2v) is 5.14. The number of carboxylic acids is 1. The molecule has 0 saturated heterocycles. The van der Waals surface area contributed by atoms with Crippen LogP contribution in [0.3, 0.4) is 0 Å². The minimum Gasteiger partial charge on any atom is -0.478 e. The lowest BCUT2D eigenvalue weighted by Crippen LogP contribution is -2.29.